The first-order chi connectivity index (χ1) is 13.8. The van der Waals surface area contributed by atoms with Crippen LogP contribution in [0.1, 0.15) is 37.7 Å². The lowest BCUT2D eigenvalue weighted by Crippen LogP contribution is -2.49. The summed E-state index contributed by atoms with van der Waals surface area (Å²) in [6.45, 7) is 4.18. The Balaban J connectivity index is 1.34. The highest BCUT2D eigenvalue weighted by atomic mass is 16.5. The summed E-state index contributed by atoms with van der Waals surface area (Å²) in [6.07, 6.45) is 7.49. The molecule has 2 aliphatic rings. The fraction of sp³-hybridized carbons (Fsp3) is 0.478. The number of carbonyl (C=O) groups is 1. The number of nitrogens with zero attached hydrogens (tertiary/aromatic N) is 2. The van der Waals surface area contributed by atoms with E-state index < -0.39 is 0 Å². The Bertz CT molecular complexity index is 837. The lowest BCUT2D eigenvalue weighted by molar-refractivity contribution is -0.135. The van der Waals surface area contributed by atoms with Gasteiger partial charge in [0.25, 0.3) is 5.91 Å². The Morgan fingerprint density at radius 3 is 2.43 bits per heavy atom. The van der Waals surface area contributed by atoms with E-state index >= 15 is 0 Å². The first-order valence-corrected chi connectivity index (χ1v) is 10.4. The van der Waals surface area contributed by atoms with Gasteiger partial charge < -0.3 is 19.9 Å². The number of rotatable bonds is 5. The summed E-state index contributed by atoms with van der Waals surface area (Å²) in [5.41, 5.74) is 0.856. The first kappa shape index (κ1) is 18.9. The molecular formula is C23H29N3O2. The maximum atomic E-state index is 12.7. The van der Waals surface area contributed by atoms with Crippen molar-refractivity contribution in [3.05, 3.63) is 42.0 Å². The van der Waals surface area contributed by atoms with Crippen LogP contribution in [-0.2, 0) is 4.79 Å². The molecule has 0 bridgehead atoms. The van der Waals surface area contributed by atoms with Crippen LogP contribution in [-0.4, -0.2) is 60.7 Å². The van der Waals surface area contributed by atoms with Gasteiger partial charge in [-0.1, -0.05) is 30.7 Å². The Morgan fingerprint density at radius 1 is 1.00 bits per heavy atom. The van der Waals surface area contributed by atoms with Gasteiger partial charge in [-0.3, -0.25) is 4.79 Å². The fourth-order valence-corrected chi connectivity index (χ4v) is 4.54. The van der Waals surface area contributed by atoms with Gasteiger partial charge in [0.05, 0.1) is 0 Å². The number of carbonyl (C=O) groups excluding carboxylic acids is 1. The number of nitrogens with one attached hydrogen (secondary N) is 1. The average molecular weight is 380 g/mol. The van der Waals surface area contributed by atoms with E-state index in [9.17, 15) is 4.79 Å². The Kier molecular flexibility index (Phi) is 5.91. The van der Waals surface area contributed by atoms with Gasteiger partial charge in [0.15, 0.2) is 6.61 Å². The molecule has 28 heavy (non-hydrogen) atoms. The minimum Gasteiger partial charge on any atom is -0.483 e. The fourth-order valence-electron chi connectivity index (χ4n) is 4.54. The lowest BCUT2D eigenvalue weighted by Gasteiger charge is -2.40. The number of ether oxygens (including phenoxy) is 1. The van der Waals surface area contributed by atoms with E-state index in [1.165, 1.54) is 38.6 Å². The highest BCUT2D eigenvalue weighted by Gasteiger charge is 2.27. The van der Waals surface area contributed by atoms with Gasteiger partial charge in [0, 0.05) is 36.3 Å². The van der Waals surface area contributed by atoms with Crippen molar-refractivity contribution in [2.75, 3.05) is 32.8 Å². The zero-order valence-electron chi connectivity index (χ0n) is 16.4. The minimum atomic E-state index is 0.0669. The summed E-state index contributed by atoms with van der Waals surface area (Å²) >= 11 is 0. The predicted molar refractivity (Wildman–Crippen MR) is 112 cm³/mol. The largest absolute Gasteiger partial charge is 0.483 e. The van der Waals surface area contributed by atoms with E-state index in [4.69, 9.17) is 10.1 Å². The molecular weight excluding hydrogens is 350 g/mol. The quantitative estimate of drug-likeness (QED) is 0.806. The average Bonchev–Trinajstić information content (AvgIpc) is 2.78. The van der Waals surface area contributed by atoms with Crippen LogP contribution in [0.3, 0.4) is 0 Å². The molecule has 0 radical (unpaired) electrons. The second kappa shape index (κ2) is 8.74. The van der Waals surface area contributed by atoms with Gasteiger partial charge in [-0.05, 0) is 56.3 Å². The van der Waals surface area contributed by atoms with Gasteiger partial charge in [0.2, 0.25) is 0 Å². The van der Waals surface area contributed by atoms with E-state index in [0.29, 0.717) is 11.8 Å². The van der Waals surface area contributed by atoms with Crippen LogP contribution >= 0.6 is 0 Å². The van der Waals surface area contributed by atoms with Crippen LogP contribution in [0.4, 0.5) is 0 Å². The summed E-state index contributed by atoms with van der Waals surface area (Å²) in [7, 11) is 0. The zero-order valence-corrected chi connectivity index (χ0v) is 16.4. The predicted octanol–water partition coefficient (Wildman–Crippen LogP) is 3.69. The second-order valence-electron chi connectivity index (χ2n) is 7.84. The molecule has 0 aromatic heterocycles. The molecule has 0 spiro atoms. The second-order valence-corrected chi connectivity index (χ2v) is 7.84. The number of piperidine rings is 2. The number of hydrogen-bond acceptors (Lipinski definition) is 4. The van der Waals surface area contributed by atoms with Crippen molar-refractivity contribution in [1.29, 1.82) is 5.41 Å². The number of likely N-dealkylation sites (tertiary alicyclic amines) is 2. The van der Waals surface area contributed by atoms with Crippen molar-refractivity contribution in [3.63, 3.8) is 0 Å². The van der Waals surface area contributed by atoms with Gasteiger partial charge in [-0.2, -0.15) is 0 Å². The van der Waals surface area contributed by atoms with E-state index in [-0.39, 0.29) is 12.5 Å². The molecule has 0 aliphatic carbocycles. The van der Waals surface area contributed by atoms with E-state index in [1.54, 1.807) is 0 Å². The smallest absolute Gasteiger partial charge is 0.260 e. The van der Waals surface area contributed by atoms with E-state index in [2.05, 4.69) is 4.90 Å². The molecule has 5 nitrogen and oxygen atoms in total. The Labute approximate surface area is 166 Å². The third kappa shape index (κ3) is 4.04. The normalized spacial score (nSPS) is 18.9. The molecule has 1 amide bonds. The summed E-state index contributed by atoms with van der Waals surface area (Å²) in [4.78, 5) is 17.2. The molecule has 4 rings (SSSR count). The standard InChI is InChI=1S/C23H29N3O2/c24-16-18-8-9-22(21-7-3-2-6-20(18)21)28-17-23(27)26-14-10-19(11-15-26)25-12-4-1-5-13-25/h2-3,6-9,16,19,24H,1,4-5,10-15,17H2. The van der Waals surface area contributed by atoms with Crippen molar-refractivity contribution in [1.82, 2.24) is 9.80 Å². The third-order valence-corrected chi connectivity index (χ3v) is 6.15. The number of benzene rings is 2. The van der Waals surface area contributed by atoms with Gasteiger partial charge in [-0.15, -0.1) is 0 Å². The molecule has 0 atom stereocenters. The van der Waals surface area contributed by atoms with Crippen molar-refractivity contribution in [2.24, 2.45) is 0 Å². The van der Waals surface area contributed by atoms with Crippen LogP contribution < -0.4 is 4.74 Å². The highest BCUT2D eigenvalue weighted by molar-refractivity contribution is 6.01. The summed E-state index contributed by atoms with van der Waals surface area (Å²) < 4.78 is 5.90. The number of hydrogen-bond donors (Lipinski definition) is 1. The molecule has 2 aromatic rings. The maximum absolute atomic E-state index is 12.7. The third-order valence-electron chi connectivity index (χ3n) is 6.15. The van der Waals surface area contributed by atoms with Crippen molar-refractivity contribution in [3.8, 4) is 5.75 Å². The summed E-state index contributed by atoms with van der Waals surface area (Å²) in [5, 5.41) is 9.48. The Hall–Kier alpha value is -2.40. The first-order valence-electron chi connectivity index (χ1n) is 10.4. The van der Waals surface area contributed by atoms with Crippen LogP contribution in [0.5, 0.6) is 5.75 Å². The zero-order chi connectivity index (χ0) is 19.3. The van der Waals surface area contributed by atoms with Gasteiger partial charge in [0.1, 0.15) is 5.75 Å². The Morgan fingerprint density at radius 2 is 1.71 bits per heavy atom. The maximum Gasteiger partial charge on any atom is 0.260 e. The number of amides is 1. The van der Waals surface area contributed by atoms with Gasteiger partial charge >= 0.3 is 0 Å². The molecule has 2 fully saturated rings. The van der Waals surface area contributed by atoms with E-state index in [1.807, 2.05) is 41.3 Å². The summed E-state index contributed by atoms with van der Waals surface area (Å²) in [6, 6.07) is 12.2. The van der Waals surface area contributed by atoms with Crippen molar-refractivity contribution >= 4 is 22.9 Å². The minimum absolute atomic E-state index is 0.0669. The van der Waals surface area contributed by atoms with Crippen molar-refractivity contribution < 1.29 is 9.53 Å². The molecule has 2 saturated heterocycles. The summed E-state index contributed by atoms with van der Waals surface area (Å²) in [5.74, 6) is 0.773. The molecule has 2 heterocycles. The van der Waals surface area contributed by atoms with Crippen LogP contribution in [0.25, 0.3) is 10.8 Å². The monoisotopic (exact) mass is 379 g/mol. The van der Waals surface area contributed by atoms with Crippen LogP contribution in [0.2, 0.25) is 0 Å². The van der Waals surface area contributed by atoms with Crippen molar-refractivity contribution in [2.45, 2.75) is 38.1 Å². The van der Waals surface area contributed by atoms with Gasteiger partial charge in [-0.25, -0.2) is 0 Å². The lowest BCUT2D eigenvalue weighted by atomic mass is 10.00. The number of fused-ring (bicyclic) bond motifs is 1. The highest BCUT2D eigenvalue weighted by Crippen LogP contribution is 2.28. The van der Waals surface area contributed by atoms with Crippen LogP contribution in [0, 0.1) is 5.41 Å². The SMILES string of the molecule is N=Cc1ccc(OCC(=O)N2CCC(N3CCCCC3)CC2)c2ccccc12. The molecule has 2 aliphatic heterocycles. The molecule has 2 aromatic carbocycles. The molecule has 5 heteroatoms. The van der Waals surface area contributed by atoms with Crippen LogP contribution in [0.15, 0.2) is 36.4 Å². The molecule has 1 N–H and O–H groups in total. The molecule has 148 valence electrons. The molecule has 0 unspecified atom stereocenters. The van der Waals surface area contributed by atoms with E-state index in [0.717, 1.165) is 42.3 Å². The topological polar surface area (TPSA) is 56.6 Å². The molecule has 0 saturated carbocycles.